The molecule has 1 aromatic carbocycles. The molecule has 1 N–H and O–H groups in total. The smallest absolute Gasteiger partial charge is 0.414 e. The third-order valence-electron chi connectivity index (χ3n) is 3.87. The van der Waals surface area contributed by atoms with Crippen molar-refractivity contribution in [2.24, 2.45) is 0 Å². The number of ether oxygens (including phenoxy) is 1. The summed E-state index contributed by atoms with van der Waals surface area (Å²) < 4.78 is 5.84. The maximum atomic E-state index is 11.7. The van der Waals surface area contributed by atoms with Crippen LogP contribution in [0.15, 0.2) is 55.0 Å². The Balaban J connectivity index is 1.87. The Labute approximate surface area is 162 Å². The van der Waals surface area contributed by atoms with Gasteiger partial charge in [0, 0.05) is 24.1 Å². The van der Waals surface area contributed by atoms with Crippen molar-refractivity contribution in [1.29, 1.82) is 0 Å². The zero-order chi connectivity index (χ0) is 19.4. The van der Waals surface area contributed by atoms with Crippen molar-refractivity contribution in [3.05, 3.63) is 60.6 Å². The molecule has 6 nitrogen and oxygen atoms in total. The number of amides is 1. The Kier molecular flexibility index (Phi) is 5.41. The summed E-state index contributed by atoms with van der Waals surface area (Å²) in [4.78, 5) is 22.2. The molecular formula is C20H21N3O3S. The molecule has 0 bridgehead atoms. The van der Waals surface area contributed by atoms with Gasteiger partial charge in [0.25, 0.3) is 0 Å². The first kappa shape index (κ1) is 18.8. The Hall–Kier alpha value is -2.93. The molecule has 140 valence electrons. The molecule has 27 heavy (non-hydrogen) atoms. The van der Waals surface area contributed by atoms with E-state index in [4.69, 9.17) is 4.74 Å². The molecule has 0 spiro atoms. The Bertz CT molecular complexity index is 919. The number of carboxylic acid groups (broad SMARTS) is 1. The van der Waals surface area contributed by atoms with Crippen molar-refractivity contribution in [1.82, 2.24) is 9.97 Å². The number of benzene rings is 1. The van der Waals surface area contributed by atoms with Gasteiger partial charge in [0.1, 0.15) is 12.4 Å². The van der Waals surface area contributed by atoms with Crippen LogP contribution >= 0.6 is 11.3 Å². The Morgan fingerprint density at radius 1 is 1.19 bits per heavy atom. The average molecular weight is 383 g/mol. The van der Waals surface area contributed by atoms with Crippen LogP contribution in [0.2, 0.25) is 0 Å². The molecule has 0 saturated heterocycles. The van der Waals surface area contributed by atoms with Crippen LogP contribution in [-0.2, 0) is 6.61 Å². The minimum Gasteiger partial charge on any atom is -0.489 e. The van der Waals surface area contributed by atoms with Crippen LogP contribution in [0.25, 0.3) is 10.4 Å². The van der Waals surface area contributed by atoms with Crippen LogP contribution in [0.3, 0.4) is 0 Å². The van der Waals surface area contributed by atoms with Crippen LogP contribution in [0.5, 0.6) is 5.75 Å². The molecule has 3 aromatic rings. The van der Waals surface area contributed by atoms with Crippen molar-refractivity contribution in [2.75, 3.05) is 4.90 Å². The van der Waals surface area contributed by atoms with Crippen LogP contribution < -0.4 is 9.64 Å². The second-order valence-electron chi connectivity index (χ2n) is 6.92. The molecular weight excluding hydrogens is 362 g/mol. The molecule has 0 aliphatic rings. The third kappa shape index (κ3) is 4.43. The maximum Gasteiger partial charge on any atom is 0.414 e. The van der Waals surface area contributed by atoms with E-state index in [1.165, 1.54) is 16.2 Å². The van der Waals surface area contributed by atoms with Crippen molar-refractivity contribution in [3.63, 3.8) is 0 Å². The van der Waals surface area contributed by atoms with Gasteiger partial charge in [0.15, 0.2) is 5.13 Å². The van der Waals surface area contributed by atoms with Gasteiger partial charge in [-0.25, -0.2) is 14.7 Å². The van der Waals surface area contributed by atoms with Gasteiger partial charge in [0.2, 0.25) is 0 Å². The lowest BCUT2D eigenvalue weighted by Crippen LogP contribution is -2.45. The van der Waals surface area contributed by atoms with Crippen LogP contribution in [0.1, 0.15) is 26.3 Å². The molecule has 3 rings (SSSR count). The summed E-state index contributed by atoms with van der Waals surface area (Å²) in [6.07, 6.45) is 4.07. The summed E-state index contributed by atoms with van der Waals surface area (Å²) in [6.45, 7) is 5.94. The fourth-order valence-electron chi connectivity index (χ4n) is 2.63. The zero-order valence-corrected chi connectivity index (χ0v) is 16.2. The number of pyridine rings is 1. The summed E-state index contributed by atoms with van der Waals surface area (Å²) in [5.74, 6) is 0.745. The highest BCUT2D eigenvalue weighted by Gasteiger charge is 2.30. The molecule has 0 unspecified atom stereocenters. The number of anilines is 1. The normalized spacial score (nSPS) is 11.2. The Morgan fingerprint density at radius 3 is 2.56 bits per heavy atom. The van der Waals surface area contributed by atoms with Crippen molar-refractivity contribution in [2.45, 2.75) is 32.9 Å². The van der Waals surface area contributed by atoms with Crippen molar-refractivity contribution < 1.29 is 14.6 Å². The van der Waals surface area contributed by atoms with Crippen LogP contribution in [0, 0.1) is 0 Å². The molecule has 0 fully saturated rings. The number of rotatable bonds is 5. The van der Waals surface area contributed by atoms with E-state index in [2.05, 4.69) is 9.97 Å². The summed E-state index contributed by atoms with van der Waals surface area (Å²) in [7, 11) is 0. The second kappa shape index (κ2) is 7.75. The number of nitrogens with zero attached hydrogens (tertiary/aromatic N) is 3. The maximum absolute atomic E-state index is 11.7. The van der Waals surface area contributed by atoms with Gasteiger partial charge in [-0.2, -0.15) is 0 Å². The molecule has 2 heterocycles. The van der Waals surface area contributed by atoms with Gasteiger partial charge in [-0.3, -0.25) is 4.98 Å². The van der Waals surface area contributed by atoms with Gasteiger partial charge in [-0.15, -0.1) is 0 Å². The largest absolute Gasteiger partial charge is 0.489 e. The zero-order valence-electron chi connectivity index (χ0n) is 15.4. The van der Waals surface area contributed by atoms with E-state index in [-0.39, 0.29) is 0 Å². The first-order valence-electron chi connectivity index (χ1n) is 8.46. The molecule has 7 heteroatoms. The number of hydrogen-bond acceptors (Lipinski definition) is 5. The van der Waals surface area contributed by atoms with Gasteiger partial charge >= 0.3 is 6.09 Å². The van der Waals surface area contributed by atoms with E-state index >= 15 is 0 Å². The topological polar surface area (TPSA) is 75.6 Å². The standard InChI is InChI=1S/C20H21N3O3S/c1-20(2,3)23(19(24)25)18-22-12-17(27-18)16-7-5-4-6-14(16)13-26-15-8-10-21-11-9-15/h4-12H,13H2,1-3H3,(H,24,25). The lowest BCUT2D eigenvalue weighted by molar-refractivity contribution is 0.195. The lowest BCUT2D eigenvalue weighted by Gasteiger charge is -2.30. The molecule has 0 saturated carbocycles. The van der Waals surface area contributed by atoms with Crippen LogP contribution in [-0.4, -0.2) is 26.7 Å². The average Bonchev–Trinajstić information content (AvgIpc) is 3.08. The van der Waals surface area contributed by atoms with E-state index in [1.54, 1.807) is 18.6 Å². The summed E-state index contributed by atoms with van der Waals surface area (Å²) in [6, 6.07) is 11.5. The predicted octanol–water partition coefficient (Wildman–Crippen LogP) is 5.07. The van der Waals surface area contributed by atoms with Crippen molar-refractivity contribution >= 4 is 22.6 Å². The fraction of sp³-hybridized carbons (Fsp3) is 0.250. The highest BCUT2D eigenvalue weighted by atomic mass is 32.1. The fourth-order valence-corrected chi connectivity index (χ4v) is 3.79. The quantitative estimate of drug-likeness (QED) is 0.666. The van der Waals surface area contributed by atoms with E-state index in [9.17, 15) is 9.90 Å². The summed E-state index contributed by atoms with van der Waals surface area (Å²) in [5.41, 5.74) is 1.40. The molecule has 0 radical (unpaired) electrons. The Morgan fingerprint density at radius 2 is 1.89 bits per heavy atom. The molecule has 2 aromatic heterocycles. The molecule has 0 atom stereocenters. The number of hydrogen-bond donors (Lipinski definition) is 1. The lowest BCUT2D eigenvalue weighted by atomic mass is 10.1. The van der Waals surface area contributed by atoms with Gasteiger partial charge in [0.05, 0.1) is 4.88 Å². The SMILES string of the molecule is CC(C)(C)N(C(=O)O)c1ncc(-c2ccccc2COc2ccncc2)s1. The summed E-state index contributed by atoms with van der Waals surface area (Å²) in [5, 5.41) is 10.0. The molecule has 0 aliphatic heterocycles. The van der Waals surface area contributed by atoms with Crippen molar-refractivity contribution in [3.8, 4) is 16.2 Å². The van der Waals surface area contributed by atoms with E-state index in [0.717, 1.165) is 21.8 Å². The van der Waals surface area contributed by atoms with E-state index in [1.807, 2.05) is 57.2 Å². The third-order valence-corrected chi connectivity index (χ3v) is 4.89. The minimum atomic E-state index is -1.02. The van der Waals surface area contributed by atoms with Crippen LogP contribution in [0.4, 0.5) is 9.93 Å². The highest BCUT2D eigenvalue weighted by Crippen LogP contribution is 2.36. The predicted molar refractivity (Wildman–Crippen MR) is 106 cm³/mol. The second-order valence-corrected chi connectivity index (χ2v) is 7.93. The van der Waals surface area contributed by atoms with E-state index in [0.29, 0.717) is 11.7 Å². The van der Waals surface area contributed by atoms with Gasteiger partial charge in [-0.1, -0.05) is 35.6 Å². The number of carbonyl (C=O) groups is 1. The monoisotopic (exact) mass is 383 g/mol. The van der Waals surface area contributed by atoms with Gasteiger partial charge < -0.3 is 9.84 Å². The number of aromatic nitrogens is 2. The first-order chi connectivity index (χ1) is 12.9. The summed E-state index contributed by atoms with van der Waals surface area (Å²) >= 11 is 1.35. The highest BCUT2D eigenvalue weighted by molar-refractivity contribution is 7.19. The van der Waals surface area contributed by atoms with E-state index < -0.39 is 11.6 Å². The first-order valence-corrected chi connectivity index (χ1v) is 9.28. The minimum absolute atomic E-state index is 0.398. The molecule has 1 amide bonds. The molecule has 0 aliphatic carbocycles. The van der Waals surface area contributed by atoms with Gasteiger partial charge in [-0.05, 0) is 44.0 Å². The number of thiazole rings is 1.